The quantitative estimate of drug-likeness (QED) is 0.265. The summed E-state index contributed by atoms with van der Waals surface area (Å²) < 4.78 is 16.5. The third-order valence-corrected chi connectivity index (χ3v) is 4.99. The van der Waals surface area contributed by atoms with Crippen molar-refractivity contribution in [3.05, 3.63) is 54.7 Å². The molecule has 1 amide bonds. The molecule has 10 heteroatoms. The number of aromatic nitrogens is 4. The van der Waals surface area contributed by atoms with Crippen LogP contribution in [0.3, 0.4) is 0 Å². The van der Waals surface area contributed by atoms with Gasteiger partial charge in [-0.2, -0.15) is 10.1 Å². The van der Waals surface area contributed by atoms with E-state index in [1.54, 1.807) is 31.5 Å². The fourth-order valence-electron chi connectivity index (χ4n) is 3.28. The first-order chi connectivity index (χ1) is 17.1. The molecule has 0 saturated carbocycles. The van der Waals surface area contributed by atoms with Crippen molar-refractivity contribution < 1.29 is 19.0 Å². The zero-order valence-electron chi connectivity index (χ0n) is 19.7. The smallest absolute Gasteiger partial charge is 0.257 e. The number of anilines is 2. The van der Waals surface area contributed by atoms with Crippen molar-refractivity contribution in [3.63, 3.8) is 0 Å². The summed E-state index contributed by atoms with van der Waals surface area (Å²) >= 11 is 0. The molecule has 0 radical (unpaired) electrons. The highest BCUT2D eigenvalue weighted by atomic mass is 16.5. The molecule has 2 aromatic carbocycles. The summed E-state index contributed by atoms with van der Waals surface area (Å²) in [6.45, 7) is 3.34. The van der Waals surface area contributed by atoms with Gasteiger partial charge >= 0.3 is 0 Å². The van der Waals surface area contributed by atoms with E-state index < -0.39 is 0 Å². The molecule has 0 aliphatic carbocycles. The van der Waals surface area contributed by atoms with E-state index in [4.69, 9.17) is 14.2 Å². The first kappa shape index (κ1) is 24.0. The lowest BCUT2D eigenvalue weighted by molar-refractivity contribution is -0.123. The van der Waals surface area contributed by atoms with Gasteiger partial charge in [-0.1, -0.05) is 19.1 Å². The monoisotopic (exact) mass is 476 g/mol. The number of hydrogen-bond donors (Lipinski definition) is 3. The molecule has 3 N–H and O–H groups in total. The van der Waals surface area contributed by atoms with Crippen LogP contribution in [0.2, 0.25) is 0 Å². The van der Waals surface area contributed by atoms with Crippen LogP contribution in [-0.2, 0) is 9.53 Å². The minimum atomic E-state index is -0.164. The Hall–Kier alpha value is -4.18. The highest BCUT2D eigenvalue weighted by molar-refractivity contribution is 5.82. The van der Waals surface area contributed by atoms with Crippen molar-refractivity contribution in [1.82, 2.24) is 25.5 Å². The predicted molar refractivity (Wildman–Crippen MR) is 133 cm³/mol. The fraction of sp³-hybridized carbons (Fsp3) is 0.280. The molecule has 0 fully saturated rings. The molecule has 2 heterocycles. The van der Waals surface area contributed by atoms with Crippen LogP contribution in [0.4, 0.5) is 11.5 Å². The van der Waals surface area contributed by atoms with Gasteiger partial charge in [-0.3, -0.25) is 9.89 Å². The highest BCUT2D eigenvalue weighted by Crippen LogP contribution is 2.27. The van der Waals surface area contributed by atoms with E-state index in [9.17, 15) is 4.79 Å². The number of H-pyrrole nitrogens is 1. The maximum absolute atomic E-state index is 11.9. The molecule has 0 spiro atoms. The molecule has 0 saturated heterocycles. The maximum atomic E-state index is 11.9. The third kappa shape index (κ3) is 6.67. The zero-order chi connectivity index (χ0) is 24.5. The molecule has 10 nitrogen and oxygen atoms in total. The Morgan fingerprint density at radius 1 is 1.06 bits per heavy atom. The van der Waals surface area contributed by atoms with E-state index >= 15 is 0 Å². The van der Waals surface area contributed by atoms with Crippen molar-refractivity contribution in [1.29, 1.82) is 0 Å². The van der Waals surface area contributed by atoms with Crippen molar-refractivity contribution >= 4 is 28.3 Å². The number of carbonyl (C=O) groups is 1. The number of nitrogens with one attached hydrogen (secondary N) is 3. The number of aromatic amines is 1. The molecule has 0 bridgehead atoms. The Morgan fingerprint density at radius 2 is 1.97 bits per heavy atom. The molecule has 35 heavy (non-hydrogen) atoms. The Balaban J connectivity index is 1.57. The van der Waals surface area contributed by atoms with E-state index in [1.807, 2.05) is 37.3 Å². The Kier molecular flexibility index (Phi) is 8.08. The first-order valence-electron chi connectivity index (χ1n) is 11.4. The number of fused-ring (bicyclic) bond motifs is 1. The van der Waals surface area contributed by atoms with Crippen LogP contribution in [0.25, 0.3) is 22.3 Å². The lowest BCUT2D eigenvalue weighted by Gasteiger charge is -2.12. The molecule has 0 aliphatic heterocycles. The van der Waals surface area contributed by atoms with E-state index in [0.29, 0.717) is 43.0 Å². The summed E-state index contributed by atoms with van der Waals surface area (Å²) in [6, 6.07) is 14.9. The van der Waals surface area contributed by atoms with Crippen molar-refractivity contribution in [3.8, 4) is 23.0 Å². The molecule has 182 valence electrons. The van der Waals surface area contributed by atoms with Crippen LogP contribution in [0.5, 0.6) is 11.6 Å². The molecule has 0 aliphatic rings. The number of methoxy groups -OCH3 is 1. The molecule has 0 unspecified atom stereocenters. The van der Waals surface area contributed by atoms with Crippen LogP contribution in [0.1, 0.15) is 13.3 Å². The van der Waals surface area contributed by atoms with Crippen LogP contribution >= 0.6 is 0 Å². The number of rotatable bonds is 12. The number of carbonyl (C=O) groups excluding carboxylic acids is 1. The minimum Gasteiger partial charge on any atom is -0.484 e. The second-order valence-corrected chi connectivity index (χ2v) is 7.72. The summed E-state index contributed by atoms with van der Waals surface area (Å²) in [7, 11) is 1.61. The van der Waals surface area contributed by atoms with E-state index in [0.717, 1.165) is 28.6 Å². The van der Waals surface area contributed by atoms with E-state index in [1.165, 1.54) is 0 Å². The molecule has 2 aromatic heterocycles. The van der Waals surface area contributed by atoms with Crippen LogP contribution in [-0.4, -0.2) is 59.5 Å². The SMILES string of the molecule is CCCNC(=O)COc1cccc(-c2nc(Nc3ccc4[nH]ncc4c3)cc(OCCOC)n2)c1. The third-order valence-electron chi connectivity index (χ3n) is 4.99. The number of hydrogen-bond acceptors (Lipinski definition) is 8. The molecular formula is C25H28N6O4. The largest absolute Gasteiger partial charge is 0.484 e. The van der Waals surface area contributed by atoms with Crippen LogP contribution in [0.15, 0.2) is 54.7 Å². The molecule has 0 atom stereocenters. The van der Waals surface area contributed by atoms with Gasteiger partial charge in [-0.05, 0) is 36.8 Å². The average molecular weight is 477 g/mol. The van der Waals surface area contributed by atoms with Crippen LogP contribution in [0, 0.1) is 0 Å². The van der Waals surface area contributed by atoms with Gasteiger partial charge in [-0.15, -0.1) is 0 Å². The number of nitrogens with zero attached hydrogens (tertiary/aromatic N) is 3. The summed E-state index contributed by atoms with van der Waals surface area (Å²) in [5.74, 6) is 1.80. The minimum absolute atomic E-state index is 0.0617. The second-order valence-electron chi connectivity index (χ2n) is 7.72. The second kappa shape index (κ2) is 11.8. The topological polar surface area (TPSA) is 123 Å². The molecular weight excluding hydrogens is 448 g/mol. The van der Waals surface area contributed by atoms with Gasteiger partial charge in [0.25, 0.3) is 5.91 Å². The van der Waals surface area contributed by atoms with Gasteiger partial charge in [0.05, 0.1) is 18.3 Å². The zero-order valence-corrected chi connectivity index (χ0v) is 19.7. The molecule has 4 rings (SSSR count). The lowest BCUT2D eigenvalue weighted by Crippen LogP contribution is -2.29. The Labute approximate surface area is 203 Å². The number of amides is 1. The van der Waals surface area contributed by atoms with Gasteiger partial charge in [0.1, 0.15) is 18.2 Å². The van der Waals surface area contributed by atoms with Gasteiger partial charge in [0.2, 0.25) is 5.88 Å². The van der Waals surface area contributed by atoms with Gasteiger partial charge in [0, 0.05) is 36.4 Å². The van der Waals surface area contributed by atoms with Gasteiger partial charge < -0.3 is 24.8 Å². The Morgan fingerprint density at radius 3 is 2.83 bits per heavy atom. The normalized spacial score (nSPS) is 10.8. The van der Waals surface area contributed by atoms with Crippen molar-refractivity contribution in [2.75, 3.05) is 38.8 Å². The van der Waals surface area contributed by atoms with Gasteiger partial charge in [0.15, 0.2) is 12.4 Å². The summed E-state index contributed by atoms with van der Waals surface area (Å²) in [5.41, 5.74) is 2.52. The van der Waals surface area contributed by atoms with Crippen molar-refractivity contribution in [2.24, 2.45) is 0 Å². The van der Waals surface area contributed by atoms with Crippen LogP contribution < -0.4 is 20.1 Å². The highest BCUT2D eigenvalue weighted by Gasteiger charge is 2.11. The number of ether oxygens (including phenoxy) is 3. The summed E-state index contributed by atoms with van der Waals surface area (Å²) in [5, 5.41) is 14.1. The predicted octanol–water partition coefficient (Wildman–Crippen LogP) is 3.69. The van der Waals surface area contributed by atoms with Gasteiger partial charge in [-0.25, -0.2) is 4.98 Å². The van der Waals surface area contributed by atoms with E-state index in [2.05, 4.69) is 30.8 Å². The fourth-order valence-corrected chi connectivity index (χ4v) is 3.28. The lowest BCUT2D eigenvalue weighted by atomic mass is 10.2. The average Bonchev–Trinajstić information content (AvgIpc) is 3.34. The first-order valence-corrected chi connectivity index (χ1v) is 11.4. The maximum Gasteiger partial charge on any atom is 0.257 e. The number of benzene rings is 2. The molecule has 4 aromatic rings. The summed E-state index contributed by atoms with van der Waals surface area (Å²) in [6.07, 6.45) is 2.63. The van der Waals surface area contributed by atoms with E-state index in [-0.39, 0.29) is 12.5 Å². The standard InChI is InChI=1S/C25H28N6O4/c1-3-9-26-23(32)16-35-20-6-4-5-17(13-20)25-29-22(14-24(30-25)34-11-10-33-2)28-19-7-8-21-18(12-19)15-27-31-21/h4-8,12-15H,3,9-11,16H2,1-2H3,(H,26,32)(H,27,31)(H,28,29,30). The van der Waals surface area contributed by atoms with Crippen molar-refractivity contribution in [2.45, 2.75) is 13.3 Å². The summed E-state index contributed by atoms with van der Waals surface area (Å²) in [4.78, 5) is 21.1. The Bertz CT molecular complexity index is 1280.